The Balaban J connectivity index is 1.99. The van der Waals surface area contributed by atoms with E-state index < -0.39 is 0 Å². The Labute approximate surface area is 139 Å². The van der Waals surface area contributed by atoms with E-state index in [9.17, 15) is 0 Å². The number of hydrogen-bond donors (Lipinski definition) is 0. The number of pyridine rings is 1. The lowest BCUT2D eigenvalue weighted by molar-refractivity contribution is 0.864. The van der Waals surface area contributed by atoms with Crippen molar-refractivity contribution < 1.29 is 2.74 Å². The first kappa shape index (κ1) is 11.8. The van der Waals surface area contributed by atoms with Gasteiger partial charge in [-0.1, -0.05) is 62.3 Å². The van der Waals surface area contributed by atoms with Gasteiger partial charge in [-0.2, -0.15) is 0 Å². The standard InChI is InChI=1S/C22H19N/c1-15(2)17-11-12-23-22(14-17)19-9-10-21-18(13-19)8-7-16-5-3-4-6-20(16)21/h3-15H,1-2H3/i7D,8D. The predicted molar refractivity (Wildman–Crippen MR) is 98.8 cm³/mol. The Morgan fingerprint density at radius 1 is 0.870 bits per heavy atom. The molecule has 4 aromatic rings. The molecule has 0 saturated carbocycles. The van der Waals surface area contributed by atoms with Crippen LogP contribution in [0.4, 0.5) is 0 Å². The van der Waals surface area contributed by atoms with Gasteiger partial charge in [0, 0.05) is 11.8 Å². The van der Waals surface area contributed by atoms with Crippen molar-refractivity contribution in [1.29, 1.82) is 0 Å². The number of hydrogen-bond acceptors (Lipinski definition) is 1. The van der Waals surface area contributed by atoms with Crippen LogP contribution >= 0.6 is 0 Å². The topological polar surface area (TPSA) is 12.9 Å². The molecule has 0 radical (unpaired) electrons. The predicted octanol–water partition coefficient (Wildman–Crippen LogP) is 6.18. The molecule has 1 heterocycles. The maximum Gasteiger partial charge on any atom is 0.0705 e. The van der Waals surface area contributed by atoms with Gasteiger partial charge < -0.3 is 0 Å². The smallest absolute Gasteiger partial charge is 0.0705 e. The van der Waals surface area contributed by atoms with E-state index in [0.717, 1.165) is 32.8 Å². The fourth-order valence-electron chi connectivity index (χ4n) is 2.97. The third kappa shape index (κ3) is 2.49. The van der Waals surface area contributed by atoms with Crippen molar-refractivity contribution in [2.45, 2.75) is 19.8 Å². The minimum atomic E-state index is 0.274. The van der Waals surface area contributed by atoms with Crippen LogP contribution in [0, 0.1) is 0 Å². The number of benzene rings is 3. The fourth-order valence-corrected chi connectivity index (χ4v) is 2.97. The number of nitrogens with zero attached hydrogens (tertiary/aromatic N) is 1. The summed E-state index contributed by atoms with van der Waals surface area (Å²) in [5.41, 5.74) is 3.14. The maximum absolute atomic E-state index is 8.43. The second-order valence-corrected chi connectivity index (χ2v) is 6.19. The van der Waals surface area contributed by atoms with Crippen molar-refractivity contribution in [2.75, 3.05) is 0 Å². The molecule has 0 aliphatic rings. The molecule has 0 spiro atoms. The highest BCUT2D eigenvalue weighted by Gasteiger charge is 2.06. The van der Waals surface area contributed by atoms with Crippen molar-refractivity contribution in [3.8, 4) is 11.3 Å². The molecule has 0 bridgehead atoms. The van der Waals surface area contributed by atoms with Crippen LogP contribution in [0.25, 0.3) is 32.8 Å². The molecule has 1 nitrogen and oxygen atoms in total. The van der Waals surface area contributed by atoms with Crippen LogP contribution < -0.4 is 0 Å². The Morgan fingerprint density at radius 2 is 1.65 bits per heavy atom. The maximum atomic E-state index is 8.43. The summed E-state index contributed by atoms with van der Waals surface area (Å²) in [6.07, 6.45) is 1.84. The summed E-state index contributed by atoms with van der Waals surface area (Å²) in [6.45, 7) is 4.33. The summed E-state index contributed by atoms with van der Waals surface area (Å²) < 4.78 is 16.8. The van der Waals surface area contributed by atoms with E-state index in [-0.39, 0.29) is 12.1 Å². The molecule has 1 heteroatoms. The Hall–Kier alpha value is -2.67. The third-order valence-electron chi connectivity index (χ3n) is 4.32. The van der Waals surface area contributed by atoms with E-state index in [2.05, 4.69) is 31.0 Å². The van der Waals surface area contributed by atoms with Gasteiger partial charge in [0.15, 0.2) is 0 Å². The molecule has 0 aliphatic heterocycles. The molecule has 23 heavy (non-hydrogen) atoms. The van der Waals surface area contributed by atoms with E-state index in [0.29, 0.717) is 5.92 Å². The SMILES string of the molecule is [2H]c1c([2H])c2cc(-c3cc(C(C)C)ccn3)ccc2c2ccccc12. The normalized spacial score (nSPS) is 12.7. The summed E-state index contributed by atoms with van der Waals surface area (Å²) in [4.78, 5) is 4.51. The van der Waals surface area contributed by atoms with E-state index >= 15 is 0 Å². The van der Waals surface area contributed by atoms with E-state index in [1.54, 1.807) is 0 Å². The summed E-state index contributed by atoms with van der Waals surface area (Å²) in [5.74, 6) is 0.442. The molecule has 0 saturated heterocycles. The molecular weight excluding hydrogens is 278 g/mol. The summed E-state index contributed by atoms with van der Waals surface area (Å²) in [7, 11) is 0. The third-order valence-corrected chi connectivity index (χ3v) is 4.32. The lowest BCUT2D eigenvalue weighted by Crippen LogP contribution is -1.90. The first-order chi connectivity index (χ1) is 12.1. The Morgan fingerprint density at radius 3 is 2.52 bits per heavy atom. The molecule has 112 valence electrons. The number of aromatic nitrogens is 1. The molecule has 0 atom stereocenters. The minimum absolute atomic E-state index is 0.274. The van der Waals surface area contributed by atoms with Gasteiger partial charge in [0.1, 0.15) is 0 Å². The van der Waals surface area contributed by atoms with Crippen LogP contribution in [0.3, 0.4) is 0 Å². The average Bonchev–Trinajstić information content (AvgIpc) is 2.66. The first-order valence-corrected chi connectivity index (χ1v) is 7.94. The number of fused-ring (bicyclic) bond motifs is 3. The van der Waals surface area contributed by atoms with Crippen LogP contribution in [0.1, 0.15) is 28.1 Å². The summed E-state index contributed by atoms with van der Waals surface area (Å²) in [6, 6.07) is 18.6. The first-order valence-electron chi connectivity index (χ1n) is 8.94. The minimum Gasteiger partial charge on any atom is -0.256 e. The highest BCUT2D eigenvalue weighted by molar-refractivity contribution is 6.08. The second-order valence-electron chi connectivity index (χ2n) is 6.19. The van der Waals surface area contributed by atoms with Gasteiger partial charge in [-0.15, -0.1) is 0 Å². The molecule has 0 unspecified atom stereocenters. The second kappa shape index (κ2) is 5.51. The van der Waals surface area contributed by atoms with Gasteiger partial charge in [-0.25, -0.2) is 0 Å². The highest BCUT2D eigenvalue weighted by Crippen LogP contribution is 2.29. The van der Waals surface area contributed by atoms with Crippen LogP contribution in [0.5, 0.6) is 0 Å². The molecule has 0 aliphatic carbocycles. The molecule has 0 fully saturated rings. The van der Waals surface area contributed by atoms with Gasteiger partial charge >= 0.3 is 0 Å². The zero-order chi connectivity index (χ0) is 17.6. The van der Waals surface area contributed by atoms with Crippen molar-refractivity contribution in [2.24, 2.45) is 0 Å². The lowest BCUT2D eigenvalue weighted by atomic mass is 9.97. The Bertz CT molecular complexity index is 1100. The average molecular weight is 299 g/mol. The van der Waals surface area contributed by atoms with Crippen LogP contribution in [0.15, 0.2) is 72.9 Å². The zero-order valence-corrected chi connectivity index (χ0v) is 13.3. The van der Waals surface area contributed by atoms with Crippen molar-refractivity contribution in [3.05, 3.63) is 78.4 Å². The van der Waals surface area contributed by atoms with E-state index in [1.807, 2.05) is 48.7 Å². The molecular formula is C22H19N. The Kier molecular flexibility index (Phi) is 2.84. The van der Waals surface area contributed by atoms with Gasteiger partial charge in [-0.3, -0.25) is 4.98 Å². The largest absolute Gasteiger partial charge is 0.256 e. The number of rotatable bonds is 2. The fraction of sp³-hybridized carbons (Fsp3) is 0.136. The molecule has 1 aromatic heterocycles. The van der Waals surface area contributed by atoms with Crippen LogP contribution in [-0.2, 0) is 0 Å². The summed E-state index contributed by atoms with van der Waals surface area (Å²) >= 11 is 0. The zero-order valence-electron chi connectivity index (χ0n) is 15.3. The molecule has 4 rings (SSSR count). The van der Waals surface area contributed by atoms with Crippen molar-refractivity contribution in [3.63, 3.8) is 0 Å². The molecule has 0 N–H and O–H groups in total. The van der Waals surface area contributed by atoms with E-state index in [4.69, 9.17) is 2.74 Å². The van der Waals surface area contributed by atoms with Crippen molar-refractivity contribution in [1.82, 2.24) is 4.98 Å². The monoisotopic (exact) mass is 299 g/mol. The van der Waals surface area contributed by atoms with Gasteiger partial charge in [-0.05, 0) is 51.2 Å². The van der Waals surface area contributed by atoms with Crippen LogP contribution in [-0.4, -0.2) is 4.98 Å². The van der Waals surface area contributed by atoms with Gasteiger partial charge in [0.05, 0.1) is 8.44 Å². The quantitative estimate of drug-likeness (QED) is 0.403. The van der Waals surface area contributed by atoms with Crippen LogP contribution in [0.2, 0.25) is 0 Å². The highest BCUT2D eigenvalue weighted by atomic mass is 14.7. The van der Waals surface area contributed by atoms with E-state index in [1.165, 1.54) is 5.56 Å². The molecule has 3 aromatic carbocycles. The van der Waals surface area contributed by atoms with Crippen molar-refractivity contribution >= 4 is 21.5 Å². The van der Waals surface area contributed by atoms with Gasteiger partial charge in [0.2, 0.25) is 0 Å². The summed E-state index contributed by atoms with van der Waals surface area (Å²) in [5, 5.41) is 3.67. The van der Waals surface area contributed by atoms with Gasteiger partial charge in [0.25, 0.3) is 0 Å². The molecule has 0 amide bonds. The lowest BCUT2D eigenvalue weighted by Gasteiger charge is -2.09.